The average molecular weight is 295 g/mol. The summed E-state index contributed by atoms with van der Waals surface area (Å²) in [6.07, 6.45) is 1.54. The van der Waals surface area contributed by atoms with E-state index in [4.69, 9.17) is 23.2 Å². The minimum Gasteiger partial charge on any atom is -0.345 e. The predicted molar refractivity (Wildman–Crippen MR) is 76.6 cm³/mol. The molecule has 0 aliphatic carbocycles. The van der Waals surface area contributed by atoms with Crippen LogP contribution in [0.4, 0.5) is 0 Å². The number of carbonyl (C=O) groups is 1. The van der Waals surface area contributed by atoms with Gasteiger partial charge in [-0.2, -0.15) is 0 Å². The van der Waals surface area contributed by atoms with Crippen LogP contribution < -0.4 is 5.32 Å². The van der Waals surface area contributed by atoms with E-state index in [9.17, 15) is 4.79 Å². The van der Waals surface area contributed by atoms with Crippen molar-refractivity contribution < 1.29 is 4.79 Å². The molecule has 3 nitrogen and oxygen atoms in total. The van der Waals surface area contributed by atoms with Gasteiger partial charge in [-0.1, -0.05) is 35.3 Å². The second-order valence-electron chi connectivity index (χ2n) is 4.09. The maximum Gasteiger partial charge on any atom is 0.254 e. The van der Waals surface area contributed by atoms with Crippen LogP contribution in [0, 0.1) is 0 Å². The number of nitrogens with zero attached hydrogens (tertiary/aromatic N) is 1. The summed E-state index contributed by atoms with van der Waals surface area (Å²) in [6, 6.07) is 10.5. The fourth-order valence-corrected chi connectivity index (χ4v) is 2.09. The molecule has 0 saturated heterocycles. The van der Waals surface area contributed by atoms with E-state index in [0.717, 1.165) is 5.56 Å². The van der Waals surface area contributed by atoms with E-state index in [2.05, 4.69) is 10.3 Å². The van der Waals surface area contributed by atoms with Crippen molar-refractivity contribution in [2.75, 3.05) is 0 Å². The molecule has 1 aromatic heterocycles. The van der Waals surface area contributed by atoms with Crippen LogP contribution in [0.15, 0.2) is 42.6 Å². The maximum absolute atomic E-state index is 12.1. The molecule has 0 radical (unpaired) electrons. The van der Waals surface area contributed by atoms with Crippen molar-refractivity contribution in [2.24, 2.45) is 0 Å². The van der Waals surface area contributed by atoms with Gasteiger partial charge in [0.2, 0.25) is 0 Å². The van der Waals surface area contributed by atoms with E-state index in [1.165, 1.54) is 0 Å². The summed E-state index contributed by atoms with van der Waals surface area (Å²) in [5, 5.41) is 3.69. The number of nitrogens with one attached hydrogen (secondary N) is 1. The number of benzene rings is 1. The van der Waals surface area contributed by atoms with Crippen LogP contribution in [0.25, 0.3) is 0 Å². The van der Waals surface area contributed by atoms with E-state index in [0.29, 0.717) is 10.6 Å². The van der Waals surface area contributed by atoms with Crippen molar-refractivity contribution in [2.45, 2.75) is 13.0 Å². The molecule has 0 saturated carbocycles. The van der Waals surface area contributed by atoms with Crippen LogP contribution in [0.3, 0.4) is 0 Å². The first-order valence-electron chi connectivity index (χ1n) is 5.75. The lowest BCUT2D eigenvalue weighted by atomic mass is 10.1. The molecule has 0 bridgehead atoms. The molecule has 0 fully saturated rings. The highest BCUT2D eigenvalue weighted by Gasteiger charge is 2.14. The molecule has 1 aromatic carbocycles. The van der Waals surface area contributed by atoms with E-state index in [-0.39, 0.29) is 17.1 Å². The molecule has 19 heavy (non-hydrogen) atoms. The van der Waals surface area contributed by atoms with Gasteiger partial charge in [-0.05, 0) is 36.8 Å². The standard InChI is InChI=1S/C14H12Cl2N2O/c1-9(10-4-2-5-11(15)8-10)18-14(19)12-6-3-7-17-13(12)16/h2-9H,1H3,(H,18,19)/t9-/m0/s1. The van der Waals surface area contributed by atoms with Crippen molar-refractivity contribution in [1.82, 2.24) is 10.3 Å². The highest BCUT2D eigenvalue weighted by atomic mass is 35.5. The van der Waals surface area contributed by atoms with E-state index in [1.54, 1.807) is 24.4 Å². The Morgan fingerprint density at radius 2 is 2.05 bits per heavy atom. The van der Waals surface area contributed by atoms with E-state index < -0.39 is 0 Å². The Hall–Kier alpha value is -1.58. The SMILES string of the molecule is C[C@H](NC(=O)c1cccnc1Cl)c1cccc(Cl)c1. The summed E-state index contributed by atoms with van der Waals surface area (Å²) in [7, 11) is 0. The zero-order valence-corrected chi connectivity index (χ0v) is 11.7. The van der Waals surface area contributed by atoms with Crippen molar-refractivity contribution in [3.05, 3.63) is 63.9 Å². The lowest BCUT2D eigenvalue weighted by Crippen LogP contribution is -2.27. The molecular weight excluding hydrogens is 283 g/mol. The number of hydrogen-bond donors (Lipinski definition) is 1. The van der Waals surface area contributed by atoms with Crippen LogP contribution >= 0.6 is 23.2 Å². The van der Waals surface area contributed by atoms with Gasteiger partial charge in [-0.3, -0.25) is 4.79 Å². The number of aromatic nitrogens is 1. The van der Waals surface area contributed by atoms with Gasteiger partial charge >= 0.3 is 0 Å². The second kappa shape index (κ2) is 6.04. The van der Waals surface area contributed by atoms with Crippen molar-refractivity contribution in [3.63, 3.8) is 0 Å². The van der Waals surface area contributed by atoms with Gasteiger partial charge < -0.3 is 5.32 Å². The first kappa shape index (κ1) is 13.8. The Morgan fingerprint density at radius 3 is 2.74 bits per heavy atom. The third-order valence-electron chi connectivity index (χ3n) is 2.70. The molecule has 1 atom stereocenters. The van der Waals surface area contributed by atoms with Crippen LogP contribution in [0.1, 0.15) is 28.9 Å². The molecule has 1 N–H and O–H groups in total. The van der Waals surface area contributed by atoms with Gasteiger partial charge in [0.15, 0.2) is 0 Å². The van der Waals surface area contributed by atoms with Gasteiger partial charge in [0, 0.05) is 11.2 Å². The van der Waals surface area contributed by atoms with Crippen molar-refractivity contribution in [3.8, 4) is 0 Å². The lowest BCUT2D eigenvalue weighted by Gasteiger charge is -2.15. The van der Waals surface area contributed by atoms with E-state index in [1.807, 2.05) is 25.1 Å². The second-order valence-corrected chi connectivity index (χ2v) is 4.89. The summed E-state index contributed by atoms with van der Waals surface area (Å²) in [5.74, 6) is -0.259. The Balaban J connectivity index is 2.13. The Morgan fingerprint density at radius 1 is 1.26 bits per heavy atom. The Bertz CT molecular complexity index is 602. The maximum atomic E-state index is 12.1. The predicted octanol–water partition coefficient (Wildman–Crippen LogP) is 3.88. The number of carbonyl (C=O) groups excluding carboxylic acids is 1. The molecular formula is C14H12Cl2N2O. The summed E-state index contributed by atoms with van der Waals surface area (Å²) in [6.45, 7) is 1.88. The summed E-state index contributed by atoms with van der Waals surface area (Å²) in [5.41, 5.74) is 1.29. The number of amides is 1. The molecule has 0 aliphatic rings. The molecule has 0 unspecified atom stereocenters. The third kappa shape index (κ3) is 3.46. The zero-order valence-electron chi connectivity index (χ0n) is 10.2. The van der Waals surface area contributed by atoms with Gasteiger partial charge in [0.05, 0.1) is 11.6 Å². The molecule has 0 spiro atoms. The third-order valence-corrected chi connectivity index (χ3v) is 3.24. The summed E-state index contributed by atoms with van der Waals surface area (Å²) >= 11 is 11.8. The van der Waals surface area contributed by atoms with Crippen molar-refractivity contribution in [1.29, 1.82) is 0 Å². The van der Waals surface area contributed by atoms with Crippen LogP contribution in [-0.4, -0.2) is 10.9 Å². The fraction of sp³-hybridized carbons (Fsp3) is 0.143. The minimum absolute atomic E-state index is 0.164. The fourth-order valence-electron chi connectivity index (χ4n) is 1.69. The minimum atomic E-state index is -0.259. The van der Waals surface area contributed by atoms with Gasteiger partial charge in [0.25, 0.3) is 5.91 Å². The number of hydrogen-bond acceptors (Lipinski definition) is 2. The van der Waals surface area contributed by atoms with Crippen LogP contribution in [0.5, 0.6) is 0 Å². The Kier molecular flexibility index (Phi) is 4.40. The zero-order chi connectivity index (χ0) is 13.8. The molecule has 2 rings (SSSR count). The lowest BCUT2D eigenvalue weighted by molar-refractivity contribution is 0.0939. The Labute approximate surface area is 121 Å². The summed E-state index contributed by atoms with van der Waals surface area (Å²) < 4.78 is 0. The average Bonchev–Trinajstić information content (AvgIpc) is 2.39. The van der Waals surface area contributed by atoms with E-state index >= 15 is 0 Å². The molecule has 2 aromatic rings. The smallest absolute Gasteiger partial charge is 0.254 e. The first-order chi connectivity index (χ1) is 9.08. The highest BCUT2D eigenvalue weighted by molar-refractivity contribution is 6.32. The quantitative estimate of drug-likeness (QED) is 0.873. The number of rotatable bonds is 3. The number of pyridine rings is 1. The molecule has 0 aliphatic heterocycles. The topological polar surface area (TPSA) is 42.0 Å². The molecule has 5 heteroatoms. The molecule has 1 heterocycles. The van der Waals surface area contributed by atoms with Gasteiger partial charge in [0.1, 0.15) is 5.15 Å². The molecule has 1 amide bonds. The molecule has 98 valence electrons. The highest BCUT2D eigenvalue weighted by Crippen LogP contribution is 2.19. The van der Waals surface area contributed by atoms with Crippen LogP contribution in [-0.2, 0) is 0 Å². The largest absolute Gasteiger partial charge is 0.345 e. The monoisotopic (exact) mass is 294 g/mol. The summed E-state index contributed by atoms with van der Waals surface area (Å²) in [4.78, 5) is 15.9. The van der Waals surface area contributed by atoms with Gasteiger partial charge in [-0.15, -0.1) is 0 Å². The van der Waals surface area contributed by atoms with Gasteiger partial charge in [-0.25, -0.2) is 4.98 Å². The van der Waals surface area contributed by atoms with Crippen molar-refractivity contribution >= 4 is 29.1 Å². The normalized spacial score (nSPS) is 11.9. The first-order valence-corrected chi connectivity index (χ1v) is 6.50. The van der Waals surface area contributed by atoms with Crippen LogP contribution in [0.2, 0.25) is 10.2 Å². The number of halogens is 2.